The number of carbonyl (C=O) groups is 1. The highest BCUT2D eigenvalue weighted by Crippen LogP contribution is 2.21. The monoisotopic (exact) mass is 508 g/mol. The van der Waals surface area contributed by atoms with Crippen LogP contribution < -0.4 is 20.3 Å². The molecule has 0 aromatic heterocycles. The predicted octanol–water partition coefficient (Wildman–Crippen LogP) is 3.57. The van der Waals surface area contributed by atoms with E-state index in [1.807, 2.05) is 47.4 Å². The first-order valence-corrected chi connectivity index (χ1v) is 9.78. The molecule has 1 amide bonds. The summed E-state index contributed by atoms with van der Waals surface area (Å²) in [4.78, 5) is 18.1. The average molecular weight is 508 g/mol. The molecule has 6 nitrogen and oxygen atoms in total. The minimum atomic E-state index is 0. The summed E-state index contributed by atoms with van der Waals surface area (Å²) in [5.74, 6) is 1.81. The highest BCUT2D eigenvalue weighted by atomic mass is 127. The van der Waals surface area contributed by atoms with Crippen molar-refractivity contribution < 1.29 is 9.53 Å². The van der Waals surface area contributed by atoms with Gasteiger partial charge < -0.3 is 20.3 Å². The third-order valence-electron chi connectivity index (χ3n) is 4.66. The molecule has 7 heteroatoms. The third kappa shape index (κ3) is 7.23. The Balaban J connectivity index is 0.00000300. The molecule has 29 heavy (non-hydrogen) atoms. The van der Waals surface area contributed by atoms with E-state index in [-0.39, 0.29) is 29.9 Å². The lowest BCUT2D eigenvalue weighted by molar-refractivity contribution is -0.119. The van der Waals surface area contributed by atoms with Crippen molar-refractivity contribution >= 4 is 41.5 Å². The van der Waals surface area contributed by atoms with Gasteiger partial charge in [-0.1, -0.05) is 30.3 Å². The van der Waals surface area contributed by atoms with Gasteiger partial charge in [0.2, 0.25) is 5.91 Å². The number of carbonyl (C=O) groups excluding carboxylic acids is 1. The second kappa shape index (κ2) is 12.3. The topological polar surface area (TPSA) is 66.0 Å². The van der Waals surface area contributed by atoms with Gasteiger partial charge in [-0.2, -0.15) is 0 Å². The van der Waals surface area contributed by atoms with Crippen molar-refractivity contribution in [1.29, 1.82) is 0 Å². The number of benzene rings is 2. The lowest BCUT2D eigenvalue weighted by Gasteiger charge is -2.26. The summed E-state index contributed by atoms with van der Waals surface area (Å²) in [5.41, 5.74) is 2.12. The van der Waals surface area contributed by atoms with Crippen molar-refractivity contribution in [2.45, 2.75) is 25.8 Å². The van der Waals surface area contributed by atoms with Gasteiger partial charge in [0.15, 0.2) is 5.96 Å². The number of hydrogen-bond acceptors (Lipinski definition) is 3. The number of anilines is 1. The van der Waals surface area contributed by atoms with Crippen LogP contribution in [-0.4, -0.2) is 38.6 Å². The number of amides is 1. The molecule has 156 valence electrons. The number of piperidine rings is 1. The van der Waals surface area contributed by atoms with Gasteiger partial charge in [-0.05, 0) is 42.7 Å². The van der Waals surface area contributed by atoms with E-state index >= 15 is 0 Å². The van der Waals surface area contributed by atoms with Gasteiger partial charge in [-0.3, -0.25) is 9.79 Å². The van der Waals surface area contributed by atoms with Gasteiger partial charge in [0.1, 0.15) is 12.4 Å². The summed E-state index contributed by atoms with van der Waals surface area (Å²) >= 11 is 0. The maximum absolute atomic E-state index is 12.0. The van der Waals surface area contributed by atoms with Crippen molar-refractivity contribution in [3.05, 3.63) is 60.2 Å². The molecule has 1 aliphatic rings. The molecule has 1 aliphatic heterocycles. The fraction of sp³-hybridized carbons (Fsp3) is 0.364. The van der Waals surface area contributed by atoms with Crippen LogP contribution >= 0.6 is 24.0 Å². The molecular formula is C22H29IN4O2. The third-order valence-corrected chi connectivity index (χ3v) is 4.66. The van der Waals surface area contributed by atoms with E-state index in [2.05, 4.69) is 27.8 Å². The fourth-order valence-electron chi connectivity index (χ4n) is 3.13. The van der Waals surface area contributed by atoms with Gasteiger partial charge in [0.25, 0.3) is 0 Å². The smallest absolute Gasteiger partial charge is 0.226 e. The van der Waals surface area contributed by atoms with Crippen molar-refractivity contribution in [1.82, 2.24) is 10.6 Å². The van der Waals surface area contributed by atoms with Crippen molar-refractivity contribution in [2.75, 3.05) is 31.6 Å². The van der Waals surface area contributed by atoms with Crippen molar-refractivity contribution in [2.24, 2.45) is 4.99 Å². The number of para-hydroxylation sites is 1. The van der Waals surface area contributed by atoms with Crippen LogP contribution in [0.1, 0.15) is 24.8 Å². The predicted molar refractivity (Wildman–Crippen MR) is 128 cm³/mol. The van der Waals surface area contributed by atoms with Gasteiger partial charge in [-0.25, -0.2) is 0 Å². The molecule has 3 rings (SSSR count). The van der Waals surface area contributed by atoms with Crippen LogP contribution in [0.5, 0.6) is 5.75 Å². The Bertz CT molecular complexity index is 781. The van der Waals surface area contributed by atoms with E-state index in [0.717, 1.165) is 42.3 Å². The van der Waals surface area contributed by atoms with Gasteiger partial charge in [0.05, 0.1) is 6.54 Å². The lowest BCUT2D eigenvalue weighted by Crippen LogP contribution is -2.38. The molecule has 0 bridgehead atoms. The Morgan fingerprint density at radius 2 is 1.83 bits per heavy atom. The highest BCUT2D eigenvalue weighted by molar-refractivity contribution is 14.0. The Labute approximate surface area is 189 Å². The van der Waals surface area contributed by atoms with Gasteiger partial charge in [0, 0.05) is 32.2 Å². The van der Waals surface area contributed by atoms with Crippen LogP contribution in [0.25, 0.3) is 0 Å². The molecule has 1 heterocycles. The maximum Gasteiger partial charge on any atom is 0.226 e. The SMILES string of the molecule is CN=C(NCCOc1ccccc1)NCc1ccc(N2CCCCC2=O)cc1.I. The molecule has 0 spiro atoms. The van der Waals surface area contributed by atoms with E-state index in [9.17, 15) is 4.79 Å². The number of aliphatic imine (C=N–C) groups is 1. The molecule has 0 unspecified atom stereocenters. The highest BCUT2D eigenvalue weighted by Gasteiger charge is 2.19. The molecule has 1 saturated heterocycles. The van der Waals surface area contributed by atoms with Crippen LogP contribution in [0.2, 0.25) is 0 Å². The number of ether oxygens (including phenoxy) is 1. The molecule has 2 aromatic carbocycles. The minimum absolute atomic E-state index is 0. The van der Waals surface area contributed by atoms with Gasteiger partial charge >= 0.3 is 0 Å². The molecule has 0 saturated carbocycles. The number of halogens is 1. The first-order chi connectivity index (χ1) is 13.8. The number of guanidine groups is 1. The Hall–Kier alpha value is -2.29. The normalized spacial score (nSPS) is 14.2. The first-order valence-electron chi connectivity index (χ1n) is 9.78. The molecule has 0 atom stereocenters. The number of hydrogen-bond donors (Lipinski definition) is 2. The Morgan fingerprint density at radius 1 is 1.07 bits per heavy atom. The zero-order valence-electron chi connectivity index (χ0n) is 16.8. The molecule has 1 fully saturated rings. The molecule has 0 radical (unpaired) electrons. The fourth-order valence-corrected chi connectivity index (χ4v) is 3.13. The van der Waals surface area contributed by atoms with E-state index in [0.29, 0.717) is 26.1 Å². The molecule has 2 aromatic rings. The molecular weight excluding hydrogens is 479 g/mol. The van der Waals surface area contributed by atoms with Crippen LogP contribution in [0.15, 0.2) is 59.6 Å². The molecule has 0 aliphatic carbocycles. The van der Waals surface area contributed by atoms with Gasteiger partial charge in [-0.15, -0.1) is 24.0 Å². The quantitative estimate of drug-likeness (QED) is 0.260. The second-order valence-corrected chi connectivity index (χ2v) is 6.68. The Kier molecular flexibility index (Phi) is 9.76. The van der Waals surface area contributed by atoms with E-state index in [4.69, 9.17) is 4.74 Å². The van der Waals surface area contributed by atoms with E-state index < -0.39 is 0 Å². The summed E-state index contributed by atoms with van der Waals surface area (Å²) in [6, 6.07) is 17.9. The zero-order valence-corrected chi connectivity index (χ0v) is 19.1. The van der Waals surface area contributed by atoms with Crippen LogP contribution in [0.4, 0.5) is 5.69 Å². The number of nitrogens with one attached hydrogen (secondary N) is 2. The summed E-state index contributed by atoms with van der Waals surface area (Å²) in [7, 11) is 1.75. The van der Waals surface area contributed by atoms with Crippen molar-refractivity contribution in [3.63, 3.8) is 0 Å². The first kappa shape index (κ1) is 23.0. The van der Waals surface area contributed by atoms with E-state index in [1.165, 1.54) is 0 Å². The summed E-state index contributed by atoms with van der Waals surface area (Å²) < 4.78 is 5.67. The zero-order chi connectivity index (χ0) is 19.6. The van der Waals surface area contributed by atoms with Crippen LogP contribution in [0.3, 0.4) is 0 Å². The maximum atomic E-state index is 12.0. The van der Waals surface area contributed by atoms with Crippen LogP contribution in [-0.2, 0) is 11.3 Å². The van der Waals surface area contributed by atoms with E-state index in [1.54, 1.807) is 7.05 Å². The summed E-state index contributed by atoms with van der Waals surface area (Å²) in [5, 5.41) is 6.53. The largest absolute Gasteiger partial charge is 0.492 e. The standard InChI is InChI=1S/C22H28N4O2.HI/c1-23-22(24-14-16-28-20-7-3-2-4-8-20)25-17-18-10-12-19(13-11-18)26-15-6-5-9-21(26)27;/h2-4,7-8,10-13H,5-6,9,14-17H2,1H3,(H2,23,24,25);1H. The molecule has 2 N–H and O–H groups in total. The average Bonchev–Trinajstić information content (AvgIpc) is 2.75. The lowest BCUT2D eigenvalue weighted by atomic mass is 10.1. The minimum Gasteiger partial charge on any atom is -0.492 e. The summed E-state index contributed by atoms with van der Waals surface area (Å²) in [6.45, 7) is 2.69. The Morgan fingerprint density at radius 3 is 2.52 bits per heavy atom. The number of rotatable bonds is 7. The summed E-state index contributed by atoms with van der Waals surface area (Å²) in [6.07, 6.45) is 2.73. The number of nitrogens with zero attached hydrogens (tertiary/aromatic N) is 2. The van der Waals surface area contributed by atoms with Crippen molar-refractivity contribution in [3.8, 4) is 5.75 Å². The van der Waals surface area contributed by atoms with Crippen LogP contribution in [0, 0.1) is 0 Å². The second-order valence-electron chi connectivity index (χ2n) is 6.68.